The topological polar surface area (TPSA) is 61.9 Å². The van der Waals surface area contributed by atoms with Gasteiger partial charge >= 0.3 is 0 Å². The zero-order valence-electron chi connectivity index (χ0n) is 15.0. The van der Waals surface area contributed by atoms with Crippen molar-refractivity contribution >= 4 is 17.5 Å². The van der Waals surface area contributed by atoms with Crippen LogP contribution in [0.15, 0.2) is 24.3 Å². The Balaban J connectivity index is 1.54. The molecule has 0 unspecified atom stereocenters. The summed E-state index contributed by atoms with van der Waals surface area (Å²) in [4.78, 5) is 28.7. The van der Waals surface area contributed by atoms with E-state index in [2.05, 4.69) is 17.1 Å². The van der Waals surface area contributed by atoms with Gasteiger partial charge in [-0.3, -0.25) is 14.5 Å². The molecule has 2 heterocycles. The molecule has 1 saturated heterocycles. The van der Waals surface area contributed by atoms with E-state index in [0.717, 1.165) is 25.2 Å². The zero-order chi connectivity index (χ0) is 17.8. The Morgan fingerprint density at radius 1 is 1.36 bits per heavy atom. The van der Waals surface area contributed by atoms with Gasteiger partial charge in [-0.2, -0.15) is 0 Å². The first-order valence-electron chi connectivity index (χ1n) is 9.18. The van der Waals surface area contributed by atoms with Crippen LogP contribution in [0, 0.1) is 0 Å². The Bertz CT molecular complexity index is 634. The van der Waals surface area contributed by atoms with Crippen LogP contribution in [0.25, 0.3) is 0 Å². The second kappa shape index (κ2) is 7.87. The molecule has 2 aliphatic heterocycles. The van der Waals surface area contributed by atoms with E-state index in [0.29, 0.717) is 31.3 Å². The van der Waals surface area contributed by atoms with Gasteiger partial charge < -0.3 is 15.0 Å². The Labute approximate surface area is 149 Å². The van der Waals surface area contributed by atoms with E-state index in [-0.39, 0.29) is 11.8 Å². The smallest absolute Gasteiger partial charge is 0.267 e. The number of carbonyl (C=O) groups is 2. The van der Waals surface area contributed by atoms with Crippen molar-refractivity contribution in [1.82, 2.24) is 10.2 Å². The molecule has 2 atom stereocenters. The third-order valence-corrected chi connectivity index (χ3v) is 5.08. The number of nitrogens with zero attached hydrogens (tertiary/aromatic N) is 2. The Morgan fingerprint density at radius 3 is 2.96 bits per heavy atom. The number of fused-ring (bicyclic) bond motifs is 1. The highest BCUT2D eigenvalue weighted by Gasteiger charge is 2.31. The molecule has 1 N–H and O–H groups in total. The van der Waals surface area contributed by atoms with Crippen molar-refractivity contribution in [3.8, 4) is 5.75 Å². The summed E-state index contributed by atoms with van der Waals surface area (Å²) < 4.78 is 5.62. The number of para-hydroxylation sites is 2. The number of carbonyl (C=O) groups excluding carboxylic acids is 2. The average Bonchev–Trinajstić information content (AvgIpc) is 3.08. The SMILES string of the molecule is CCN1CCC[C@@H]1CNC(=O)CCN1C(=O)[C@H](C)Oc2ccccc21. The number of anilines is 1. The van der Waals surface area contributed by atoms with Gasteiger partial charge in [0.15, 0.2) is 6.10 Å². The van der Waals surface area contributed by atoms with Crippen molar-refractivity contribution in [2.75, 3.05) is 31.1 Å². The Kier molecular flexibility index (Phi) is 5.58. The summed E-state index contributed by atoms with van der Waals surface area (Å²) in [5.74, 6) is 0.589. The minimum Gasteiger partial charge on any atom is -0.479 e. The molecule has 3 rings (SSSR count). The lowest BCUT2D eigenvalue weighted by molar-refractivity contribution is -0.125. The van der Waals surface area contributed by atoms with E-state index >= 15 is 0 Å². The van der Waals surface area contributed by atoms with Gasteiger partial charge in [0.1, 0.15) is 5.75 Å². The van der Waals surface area contributed by atoms with E-state index in [1.807, 2.05) is 24.3 Å². The molecule has 1 aromatic carbocycles. The molecule has 0 bridgehead atoms. The highest BCUT2D eigenvalue weighted by Crippen LogP contribution is 2.33. The number of likely N-dealkylation sites (tertiary alicyclic amines) is 1. The summed E-state index contributed by atoms with van der Waals surface area (Å²) in [5.41, 5.74) is 0.742. The molecule has 136 valence electrons. The largest absolute Gasteiger partial charge is 0.479 e. The molecule has 1 fully saturated rings. The summed E-state index contributed by atoms with van der Waals surface area (Å²) in [6.45, 7) is 7.10. The van der Waals surface area contributed by atoms with Crippen LogP contribution >= 0.6 is 0 Å². The number of rotatable bonds is 6. The summed E-state index contributed by atoms with van der Waals surface area (Å²) >= 11 is 0. The van der Waals surface area contributed by atoms with Crippen LogP contribution < -0.4 is 15.0 Å². The van der Waals surface area contributed by atoms with Crippen molar-refractivity contribution in [3.63, 3.8) is 0 Å². The fourth-order valence-electron chi connectivity index (χ4n) is 3.67. The minimum atomic E-state index is -0.519. The number of hydrogen-bond donors (Lipinski definition) is 1. The lowest BCUT2D eigenvalue weighted by Crippen LogP contribution is -2.46. The van der Waals surface area contributed by atoms with Gasteiger partial charge in [-0.1, -0.05) is 19.1 Å². The number of nitrogens with one attached hydrogen (secondary N) is 1. The van der Waals surface area contributed by atoms with Gasteiger partial charge in [0.25, 0.3) is 5.91 Å². The summed E-state index contributed by atoms with van der Waals surface area (Å²) in [6.07, 6.45) is 2.12. The number of hydrogen-bond acceptors (Lipinski definition) is 4. The number of ether oxygens (including phenoxy) is 1. The van der Waals surface area contributed by atoms with Crippen LogP contribution in [0.1, 0.15) is 33.1 Å². The molecule has 1 aromatic rings. The number of benzene rings is 1. The average molecular weight is 345 g/mol. The first-order valence-corrected chi connectivity index (χ1v) is 9.18. The summed E-state index contributed by atoms with van der Waals surface area (Å²) in [6, 6.07) is 7.91. The third kappa shape index (κ3) is 3.95. The van der Waals surface area contributed by atoms with E-state index in [1.165, 1.54) is 6.42 Å². The molecular formula is C19H27N3O3. The highest BCUT2D eigenvalue weighted by molar-refractivity contribution is 6.00. The molecule has 0 aromatic heterocycles. The normalized spacial score (nSPS) is 23.3. The zero-order valence-corrected chi connectivity index (χ0v) is 15.0. The van der Waals surface area contributed by atoms with Gasteiger partial charge in [-0.25, -0.2) is 0 Å². The van der Waals surface area contributed by atoms with Crippen LogP contribution in [0.3, 0.4) is 0 Å². The van der Waals surface area contributed by atoms with Crippen LogP contribution in [0.5, 0.6) is 5.75 Å². The maximum absolute atomic E-state index is 12.4. The molecule has 6 heteroatoms. The maximum Gasteiger partial charge on any atom is 0.267 e. The molecule has 2 aliphatic rings. The van der Waals surface area contributed by atoms with E-state index in [9.17, 15) is 9.59 Å². The molecule has 2 amide bonds. The molecular weight excluding hydrogens is 318 g/mol. The molecule has 0 spiro atoms. The standard InChI is InChI=1S/C19H27N3O3/c1-3-21-11-6-7-15(21)13-20-18(23)10-12-22-16-8-4-5-9-17(16)25-14(2)19(22)24/h4-5,8-9,14-15H,3,6-7,10-13H2,1-2H3,(H,20,23)/t14-,15+/m0/s1. The van der Waals surface area contributed by atoms with Gasteiger partial charge in [-0.05, 0) is 45.0 Å². The number of amides is 2. The third-order valence-electron chi connectivity index (χ3n) is 5.08. The van der Waals surface area contributed by atoms with Crippen LogP contribution in [0.2, 0.25) is 0 Å². The second-order valence-corrected chi connectivity index (χ2v) is 6.70. The van der Waals surface area contributed by atoms with E-state index in [4.69, 9.17) is 4.74 Å². The first kappa shape index (κ1) is 17.7. The number of likely N-dealkylation sites (N-methyl/N-ethyl adjacent to an activating group) is 1. The fourth-order valence-corrected chi connectivity index (χ4v) is 3.67. The summed E-state index contributed by atoms with van der Waals surface area (Å²) in [5, 5.41) is 3.03. The van der Waals surface area contributed by atoms with Crippen molar-refractivity contribution in [2.45, 2.75) is 45.3 Å². The van der Waals surface area contributed by atoms with Crippen molar-refractivity contribution in [2.24, 2.45) is 0 Å². The van der Waals surface area contributed by atoms with E-state index < -0.39 is 6.10 Å². The van der Waals surface area contributed by atoms with Crippen LogP contribution in [-0.4, -0.2) is 55.0 Å². The van der Waals surface area contributed by atoms with Crippen molar-refractivity contribution in [1.29, 1.82) is 0 Å². The molecule has 25 heavy (non-hydrogen) atoms. The van der Waals surface area contributed by atoms with Gasteiger partial charge in [0, 0.05) is 25.6 Å². The van der Waals surface area contributed by atoms with Gasteiger partial charge in [0.05, 0.1) is 5.69 Å². The molecule has 0 aliphatic carbocycles. The minimum absolute atomic E-state index is 0.00706. The second-order valence-electron chi connectivity index (χ2n) is 6.70. The lowest BCUT2D eigenvalue weighted by atomic mass is 10.1. The maximum atomic E-state index is 12.4. The predicted molar refractivity (Wildman–Crippen MR) is 96.8 cm³/mol. The van der Waals surface area contributed by atoms with Crippen molar-refractivity contribution in [3.05, 3.63) is 24.3 Å². The molecule has 0 radical (unpaired) electrons. The predicted octanol–water partition coefficient (Wildman–Crippen LogP) is 1.79. The monoisotopic (exact) mass is 345 g/mol. The quantitative estimate of drug-likeness (QED) is 0.854. The molecule has 0 saturated carbocycles. The van der Waals surface area contributed by atoms with Crippen molar-refractivity contribution < 1.29 is 14.3 Å². The fraction of sp³-hybridized carbons (Fsp3) is 0.579. The van der Waals surface area contributed by atoms with Crippen LogP contribution in [-0.2, 0) is 9.59 Å². The van der Waals surface area contributed by atoms with Gasteiger partial charge in [-0.15, -0.1) is 0 Å². The summed E-state index contributed by atoms with van der Waals surface area (Å²) in [7, 11) is 0. The Morgan fingerprint density at radius 2 is 2.16 bits per heavy atom. The van der Waals surface area contributed by atoms with Crippen LogP contribution in [0.4, 0.5) is 5.69 Å². The highest BCUT2D eigenvalue weighted by atomic mass is 16.5. The first-order chi connectivity index (χ1) is 12.1. The van der Waals surface area contributed by atoms with E-state index in [1.54, 1.807) is 11.8 Å². The Hall–Kier alpha value is -2.08. The lowest BCUT2D eigenvalue weighted by Gasteiger charge is -2.32. The molecule has 6 nitrogen and oxygen atoms in total. The van der Waals surface area contributed by atoms with Gasteiger partial charge in [0.2, 0.25) is 5.91 Å².